The van der Waals surface area contributed by atoms with Gasteiger partial charge in [-0.15, -0.1) is 0 Å². The van der Waals surface area contributed by atoms with Gasteiger partial charge in [0.2, 0.25) is 0 Å². The molecule has 0 saturated carbocycles. The van der Waals surface area contributed by atoms with Crippen LogP contribution in [0.25, 0.3) is 5.57 Å². The molecule has 2 heterocycles. The molecule has 3 aliphatic rings. The smallest absolute Gasteiger partial charge is 0.256 e. The minimum Gasteiger partial charge on any atom is -0.311 e. The predicted octanol–water partition coefficient (Wildman–Crippen LogP) is 3.19. The summed E-state index contributed by atoms with van der Waals surface area (Å²) in [6, 6.07) is 14.0. The Labute approximate surface area is 139 Å². The molecule has 0 spiro atoms. The Kier molecular flexibility index (Phi) is 2.59. The van der Waals surface area contributed by atoms with Crippen molar-refractivity contribution >= 4 is 23.1 Å². The van der Waals surface area contributed by atoms with Crippen molar-refractivity contribution in [2.75, 3.05) is 13.1 Å². The van der Waals surface area contributed by atoms with Crippen molar-refractivity contribution in [1.82, 2.24) is 10.2 Å². The van der Waals surface area contributed by atoms with Gasteiger partial charge >= 0.3 is 0 Å². The highest BCUT2D eigenvalue weighted by Gasteiger charge is 2.55. The molecule has 1 saturated heterocycles. The van der Waals surface area contributed by atoms with Crippen LogP contribution < -0.4 is 5.32 Å². The number of carbonyl (C=O) groups excluding carboxylic acids is 1. The maximum Gasteiger partial charge on any atom is 0.256 e. The monoisotopic (exact) mass is 322 g/mol. The Morgan fingerprint density at radius 3 is 2.91 bits per heavy atom. The van der Waals surface area contributed by atoms with Crippen LogP contribution in [0.4, 0.5) is 0 Å². The number of halogens is 1. The fourth-order valence-corrected chi connectivity index (χ4v) is 4.44. The second-order valence-corrected chi connectivity index (χ2v) is 6.70. The molecule has 0 aromatic heterocycles. The average Bonchev–Trinajstić information content (AvgIpc) is 3.22. The van der Waals surface area contributed by atoms with Gasteiger partial charge in [-0.05, 0) is 35.7 Å². The predicted molar refractivity (Wildman–Crippen MR) is 90.3 cm³/mol. The van der Waals surface area contributed by atoms with Gasteiger partial charge < -0.3 is 4.90 Å². The Morgan fingerprint density at radius 2 is 2.00 bits per heavy atom. The van der Waals surface area contributed by atoms with E-state index in [0.717, 1.165) is 24.1 Å². The Hall–Kier alpha value is -2.10. The van der Waals surface area contributed by atoms with Crippen molar-refractivity contribution in [2.24, 2.45) is 0 Å². The zero-order valence-corrected chi connectivity index (χ0v) is 13.2. The first-order chi connectivity index (χ1) is 11.2. The summed E-state index contributed by atoms with van der Waals surface area (Å²) in [5.41, 5.74) is 4.90. The lowest BCUT2D eigenvalue weighted by atomic mass is 9.88. The highest BCUT2D eigenvalue weighted by Crippen LogP contribution is 2.50. The summed E-state index contributed by atoms with van der Waals surface area (Å²) in [7, 11) is 0. The summed E-state index contributed by atoms with van der Waals surface area (Å²) >= 11 is 6.25. The Balaban J connectivity index is 1.79. The molecule has 0 radical (unpaired) electrons. The molecule has 23 heavy (non-hydrogen) atoms. The molecule has 1 fully saturated rings. The van der Waals surface area contributed by atoms with Crippen molar-refractivity contribution in [1.29, 1.82) is 0 Å². The first kappa shape index (κ1) is 13.3. The highest BCUT2D eigenvalue weighted by atomic mass is 35.5. The van der Waals surface area contributed by atoms with Crippen LogP contribution in [-0.4, -0.2) is 23.9 Å². The maximum absolute atomic E-state index is 12.9. The van der Waals surface area contributed by atoms with E-state index in [9.17, 15) is 4.79 Å². The van der Waals surface area contributed by atoms with Gasteiger partial charge in [-0.25, -0.2) is 0 Å². The molecular formula is C19H15ClN2O. The molecular weight excluding hydrogens is 308 g/mol. The number of rotatable bonds is 1. The highest BCUT2D eigenvalue weighted by molar-refractivity contribution is 6.31. The summed E-state index contributed by atoms with van der Waals surface area (Å²) in [4.78, 5) is 14.8. The lowest BCUT2D eigenvalue weighted by Gasteiger charge is -2.35. The molecule has 114 valence electrons. The molecule has 2 aromatic rings. The van der Waals surface area contributed by atoms with Gasteiger partial charge in [0.1, 0.15) is 5.66 Å². The van der Waals surface area contributed by atoms with E-state index in [1.54, 1.807) is 6.07 Å². The summed E-state index contributed by atoms with van der Waals surface area (Å²) < 4.78 is 0. The molecule has 1 aliphatic carbocycles. The molecule has 5 rings (SSSR count). The SMILES string of the molecule is O=C1c2ccc(Cl)cc2C2(C3=CCc4ccccc43)NCCN12. The molecule has 1 amide bonds. The second kappa shape index (κ2) is 4.47. The lowest BCUT2D eigenvalue weighted by molar-refractivity contribution is 0.0715. The number of hydrogen-bond donors (Lipinski definition) is 1. The van der Waals surface area contributed by atoms with E-state index in [1.165, 1.54) is 16.7 Å². The largest absolute Gasteiger partial charge is 0.311 e. The van der Waals surface area contributed by atoms with E-state index in [0.29, 0.717) is 11.6 Å². The van der Waals surface area contributed by atoms with Crippen LogP contribution in [-0.2, 0) is 12.1 Å². The third-order valence-corrected chi connectivity index (χ3v) is 5.43. The number of nitrogens with one attached hydrogen (secondary N) is 1. The zero-order valence-electron chi connectivity index (χ0n) is 12.5. The van der Waals surface area contributed by atoms with Crippen LogP contribution in [0.15, 0.2) is 48.5 Å². The van der Waals surface area contributed by atoms with E-state index in [4.69, 9.17) is 11.6 Å². The van der Waals surface area contributed by atoms with Crippen LogP contribution >= 0.6 is 11.6 Å². The molecule has 3 nitrogen and oxygen atoms in total. The van der Waals surface area contributed by atoms with E-state index in [1.807, 2.05) is 17.0 Å². The van der Waals surface area contributed by atoms with Crippen molar-refractivity contribution in [2.45, 2.75) is 12.1 Å². The summed E-state index contributed by atoms with van der Waals surface area (Å²) in [6.07, 6.45) is 3.16. The van der Waals surface area contributed by atoms with Gasteiger partial charge in [-0.1, -0.05) is 41.9 Å². The average molecular weight is 323 g/mol. The van der Waals surface area contributed by atoms with Crippen molar-refractivity contribution in [3.63, 3.8) is 0 Å². The minimum absolute atomic E-state index is 0.0898. The number of nitrogens with zero attached hydrogens (tertiary/aromatic N) is 1. The minimum atomic E-state index is -0.566. The Morgan fingerprint density at radius 1 is 1.13 bits per heavy atom. The molecule has 4 heteroatoms. The molecule has 2 aromatic carbocycles. The fraction of sp³-hybridized carbons (Fsp3) is 0.211. The maximum atomic E-state index is 12.9. The molecule has 1 unspecified atom stereocenters. The second-order valence-electron chi connectivity index (χ2n) is 6.26. The van der Waals surface area contributed by atoms with Gasteiger partial charge in [-0.2, -0.15) is 0 Å². The number of hydrogen-bond acceptors (Lipinski definition) is 2. The third-order valence-electron chi connectivity index (χ3n) is 5.19. The van der Waals surface area contributed by atoms with Gasteiger partial charge in [0.05, 0.1) is 0 Å². The first-order valence-electron chi connectivity index (χ1n) is 7.88. The van der Waals surface area contributed by atoms with Gasteiger partial charge in [0.15, 0.2) is 0 Å². The third kappa shape index (κ3) is 1.56. The van der Waals surface area contributed by atoms with Crippen molar-refractivity contribution in [3.8, 4) is 0 Å². The van der Waals surface area contributed by atoms with E-state index < -0.39 is 5.66 Å². The van der Waals surface area contributed by atoms with E-state index in [-0.39, 0.29) is 5.91 Å². The van der Waals surface area contributed by atoms with Gasteiger partial charge in [0, 0.05) is 34.8 Å². The molecule has 1 atom stereocenters. The number of fused-ring (bicyclic) bond motifs is 4. The topological polar surface area (TPSA) is 32.3 Å². The first-order valence-corrected chi connectivity index (χ1v) is 8.25. The van der Waals surface area contributed by atoms with Crippen molar-refractivity contribution in [3.05, 3.63) is 75.8 Å². The molecule has 1 N–H and O–H groups in total. The van der Waals surface area contributed by atoms with E-state index >= 15 is 0 Å². The van der Waals surface area contributed by atoms with Crippen LogP contribution in [0, 0.1) is 0 Å². The fourth-order valence-electron chi connectivity index (χ4n) is 4.27. The summed E-state index contributed by atoms with van der Waals surface area (Å²) in [5.74, 6) is 0.0898. The zero-order chi connectivity index (χ0) is 15.6. The van der Waals surface area contributed by atoms with Crippen LogP contribution in [0.2, 0.25) is 5.02 Å². The number of carbonyl (C=O) groups is 1. The van der Waals surface area contributed by atoms with E-state index in [2.05, 4.69) is 35.7 Å². The summed E-state index contributed by atoms with van der Waals surface area (Å²) in [5, 5.41) is 4.27. The number of allylic oxidation sites excluding steroid dienone is 1. The van der Waals surface area contributed by atoms with Gasteiger partial charge in [0.25, 0.3) is 5.91 Å². The van der Waals surface area contributed by atoms with Gasteiger partial charge in [-0.3, -0.25) is 10.1 Å². The Bertz CT molecular complexity index is 889. The molecule has 2 aliphatic heterocycles. The van der Waals surface area contributed by atoms with Crippen LogP contribution in [0.5, 0.6) is 0 Å². The normalized spacial score (nSPS) is 24.5. The molecule has 0 bridgehead atoms. The van der Waals surface area contributed by atoms with Crippen LogP contribution in [0.1, 0.15) is 27.0 Å². The number of benzene rings is 2. The van der Waals surface area contributed by atoms with Crippen LogP contribution in [0.3, 0.4) is 0 Å². The summed E-state index contributed by atoms with van der Waals surface area (Å²) in [6.45, 7) is 1.50. The number of amides is 1. The van der Waals surface area contributed by atoms with Crippen molar-refractivity contribution < 1.29 is 4.79 Å². The quantitative estimate of drug-likeness (QED) is 0.874. The standard InChI is InChI=1S/C19H15ClN2O/c20-13-6-7-15-17(11-13)19(21-9-10-22(19)18(15)23)16-8-5-12-3-1-2-4-14(12)16/h1-4,6-8,11,21H,5,9-10H2. The lowest BCUT2D eigenvalue weighted by Crippen LogP contribution is -2.46.